The molecule has 0 aliphatic rings. The van der Waals surface area contributed by atoms with Crippen molar-refractivity contribution in [1.29, 1.82) is 0 Å². The summed E-state index contributed by atoms with van der Waals surface area (Å²) in [6, 6.07) is 8.79. The van der Waals surface area contributed by atoms with Gasteiger partial charge in [0.25, 0.3) is 0 Å². The van der Waals surface area contributed by atoms with Crippen molar-refractivity contribution in [2.75, 3.05) is 11.5 Å². The first-order valence-corrected chi connectivity index (χ1v) is 8.01. The first kappa shape index (κ1) is 14.0. The standard InChI is InChI=1S/C16H20N2Se/c1-9-5-13(6-10(2)15(9)17)19-14-7-11(3)16(18)12(4)8-14/h5-8H,17-18H2,1-4H3. The molecule has 0 spiro atoms. The van der Waals surface area contributed by atoms with E-state index in [2.05, 4.69) is 52.0 Å². The predicted octanol–water partition coefficient (Wildman–Crippen LogP) is 1.74. The molecule has 4 N–H and O–H groups in total. The molecule has 2 aromatic rings. The molecule has 0 saturated heterocycles. The van der Waals surface area contributed by atoms with E-state index < -0.39 is 0 Å². The van der Waals surface area contributed by atoms with Gasteiger partial charge in [-0.25, -0.2) is 0 Å². The van der Waals surface area contributed by atoms with Crippen molar-refractivity contribution in [2.45, 2.75) is 27.7 Å². The topological polar surface area (TPSA) is 52.0 Å². The van der Waals surface area contributed by atoms with Gasteiger partial charge in [-0.05, 0) is 0 Å². The van der Waals surface area contributed by atoms with Gasteiger partial charge >= 0.3 is 121 Å². The van der Waals surface area contributed by atoms with E-state index >= 15 is 0 Å². The van der Waals surface area contributed by atoms with Crippen molar-refractivity contribution < 1.29 is 0 Å². The number of nitrogens with two attached hydrogens (primary N) is 2. The van der Waals surface area contributed by atoms with Crippen LogP contribution >= 0.6 is 0 Å². The van der Waals surface area contributed by atoms with Gasteiger partial charge in [-0.15, -0.1) is 0 Å². The van der Waals surface area contributed by atoms with Gasteiger partial charge in [0.05, 0.1) is 0 Å². The summed E-state index contributed by atoms with van der Waals surface area (Å²) >= 11 is 0.298. The summed E-state index contributed by atoms with van der Waals surface area (Å²) in [6.45, 7) is 8.28. The van der Waals surface area contributed by atoms with E-state index in [9.17, 15) is 0 Å². The Morgan fingerprint density at radius 3 is 1.16 bits per heavy atom. The van der Waals surface area contributed by atoms with Crippen LogP contribution in [-0.2, 0) is 0 Å². The van der Waals surface area contributed by atoms with Crippen LogP contribution in [0.1, 0.15) is 22.3 Å². The summed E-state index contributed by atoms with van der Waals surface area (Å²) in [6.07, 6.45) is 0. The molecule has 2 nitrogen and oxygen atoms in total. The summed E-state index contributed by atoms with van der Waals surface area (Å²) in [5.74, 6) is 0. The zero-order valence-electron chi connectivity index (χ0n) is 11.9. The Morgan fingerprint density at radius 2 is 0.895 bits per heavy atom. The number of hydrogen-bond acceptors (Lipinski definition) is 2. The molecule has 0 amide bonds. The van der Waals surface area contributed by atoms with Gasteiger partial charge in [0.2, 0.25) is 0 Å². The van der Waals surface area contributed by atoms with Crippen LogP contribution in [0.3, 0.4) is 0 Å². The van der Waals surface area contributed by atoms with Crippen LogP contribution in [0.25, 0.3) is 0 Å². The van der Waals surface area contributed by atoms with Crippen molar-refractivity contribution in [3.63, 3.8) is 0 Å². The third-order valence-corrected chi connectivity index (χ3v) is 5.35. The van der Waals surface area contributed by atoms with Crippen LogP contribution in [0.4, 0.5) is 11.4 Å². The second-order valence-corrected chi connectivity index (χ2v) is 7.45. The van der Waals surface area contributed by atoms with E-state index in [-0.39, 0.29) is 0 Å². The Labute approximate surface area is 121 Å². The molecule has 0 aromatic heterocycles. The molecule has 3 heteroatoms. The van der Waals surface area contributed by atoms with E-state index in [4.69, 9.17) is 11.5 Å². The van der Waals surface area contributed by atoms with Crippen LogP contribution in [0.2, 0.25) is 0 Å². The van der Waals surface area contributed by atoms with E-state index in [1.165, 1.54) is 31.2 Å². The van der Waals surface area contributed by atoms with Gasteiger partial charge in [-0.3, -0.25) is 0 Å². The van der Waals surface area contributed by atoms with Gasteiger partial charge in [-0.2, -0.15) is 0 Å². The van der Waals surface area contributed by atoms with E-state index in [0.29, 0.717) is 15.0 Å². The molecule has 0 heterocycles. The quantitative estimate of drug-likeness (QED) is 0.654. The molecular formula is C16H20N2Se. The van der Waals surface area contributed by atoms with Crippen molar-refractivity contribution in [2.24, 2.45) is 0 Å². The number of nitrogen functional groups attached to an aromatic ring is 2. The summed E-state index contributed by atoms with van der Waals surface area (Å²) < 4.78 is 2.72. The molecule has 0 atom stereocenters. The number of anilines is 2. The monoisotopic (exact) mass is 320 g/mol. The van der Waals surface area contributed by atoms with Gasteiger partial charge in [0, 0.05) is 0 Å². The number of rotatable bonds is 2. The molecule has 19 heavy (non-hydrogen) atoms. The van der Waals surface area contributed by atoms with Crippen molar-refractivity contribution in [3.05, 3.63) is 46.5 Å². The van der Waals surface area contributed by atoms with E-state index in [0.717, 1.165) is 11.4 Å². The van der Waals surface area contributed by atoms with Crippen LogP contribution in [-0.4, -0.2) is 15.0 Å². The van der Waals surface area contributed by atoms with Crippen LogP contribution < -0.4 is 20.4 Å². The van der Waals surface area contributed by atoms with E-state index in [1.807, 2.05) is 0 Å². The van der Waals surface area contributed by atoms with E-state index in [1.54, 1.807) is 0 Å². The van der Waals surface area contributed by atoms with Gasteiger partial charge in [0.15, 0.2) is 0 Å². The van der Waals surface area contributed by atoms with Gasteiger partial charge in [0.1, 0.15) is 0 Å². The fourth-order valence-electron chi connectivity index (χ4n) is 2.12. The zero-order valence-corrected chi connectivity index (χ0v) is 13.6. The number of benzene rings is 2. The Bertz CT molecular complexity index is 531. The molecule has 0 saturated carbocycles. The SMILES string of the molecule is Cc1cc([Se]c2cc(C)c(N)c(C)c2)cc(C)c1N. The Hall–Kier alpha value is -1.44. The van der Waals surface area contributed by atoms with Crippen molar-refractivity contribution in [3.8, 4) is 0 Å². The average Bonchev–Trinajstić information content (AvgIpc) is 2.33. The maximum atomic E-state index is 6.00. The zero-order chi connectivity index (χ0) is 14.2. The minimum absolute atomic E-state index is 0.298. The summed E-state index contributed by atoms with van der Waals surface area (Å²) in [7, 11) is 0. The first-order valence-electron chi connectivity index (χ1n) is 6.29. The molecule has 0 aliphatic heterocycles. The fourth-order valence-corrected chi connectivity index (χ4v) is 4.67. The molecule has 2 aromatic carbocycles. The third kappa shape index (κ3) is 2.94. The predicted molar refractivity (Wildman–Crippen MR) is 85.7 cm³/mol. The molecule has 2 rings (SSSR count). The van der Waals surface area contributed by atoms with Gasteiger partial charge in [-0.1, -0.05) is 0 Å². The second-order valence-electron chi connectivity index (χ2n) is 5.04. The van der Waals surface area contributed by atoms with Crippen molar-refractivity contribution in [1.82, 2.24) is 0 Å². The first-order chi connectivity index (χ1) is 8.88. The molecule has 0 unspecified atom stereocenters. The van der Waals surface area contributed by atoms with Crippen molar-refractivity contribution >= 4 is 35.3 Å². The molecule has 0 fully saturated rings. The normalized spacial score (nSPS) is 10.7. The minimum atomic E-state index is 0.298. The fraction of sp³-hybridized carbons (Fsp3) is 0.250. The Kier molecular flexibility index (Phi) is 3.88. The maximum absolute atomic E-state index is 6.00. The number of aryl methyl sites for hydroxylation is 4. The van der Waals surface area contributed by atoms with Crippen LogP contribution in [0.15, 0.2) is 24.3 Å². The second kappa shape index (κ2) is 5.28. The average molecular weight is 319 g/mol. The Morgan fingerprint density at radius 1 is 0.632 bits per heavy atom. The summed E-state index contributed by atoms with van der Waals surface area (Å²) in [5.41, 5.74) is 18.5. The molecular weight excluding hydrogens is 299 g/mol. The molecule has 0 aliphatic carbocycles. The van der Waals surface area contributed by atoms with Crippen LogP contribution in [0.5, 0.6) is 0 Å². The molecule has 0 bridgehead atoms. The summed E-state index contributed by atoms with van der Waals surface area (Å²) in [5, 5.41) is 0. The third-order valence-electron chi connectivity index (χ3n) is 3.37. The Balaban J connectivity index is 2.36. The van der Waals surface area contributed by atoms with Gasteiger partial charge < -0.3 is 0 Å². The number of hydrogen-bond donors (Lipinski definition) is 2. The molecule has 0 radical (unpaired) electrons. The summed E-state index contributed by atoms with van der Waals surface area (Å²) in [4.78, 5) is 0. The van der Waals surface area contributed by atoms with Crippen LogP contribution in [0, 0.1) is 27.7 Å². The molecule has 100 valence electrons.